The molecule has 0 saturated heterocycles. The lowest BCUT2D eigenvalue weighted by Gasteiger charge is -2.07. The highest BCUT2D eigenvalue weighted by Gasteiger charge is 2.02. The van der Waals surface area contributed by atoms with E-state index in [2.05, 4.69) is 10.3 Å². The van der Waals surface area contributed by atoms with Crippen LogP contribution in [0.2, 0.25) is 0 Å². The molecule has 4 nitrogen and oxygen atoms in total. The summed E-state index contributed by atoms with van der Waals surface area (Å²) in [6, 6.07) is 21.4. The Morgan fingerprint density at radius 2 is 1.92 bits per heavy atom. The van der Waals surface area contributed by atoms with Gasteiger partial charge in [0.2, 0.25) is 5.91 Å². The minimum absolute atomic E-state index is 0.220. The van der Waals surface area contributed by atoms with Gasteiger partial charge in [-0.2, -0.15) is 0 Å². The monoisotopic (exact) mass is 344 g/mol. The molecule has 1 amide bonds. The lowest BCUT2D eigenvalue weighted by atomic mass is 10.2. The van der Waals surface area contributed by atoms with Crippen LogP contribution in [0.1, 0.15) is 16.7 Å². The first kappa shape index (κ1) is 17.4. The van der Waals surface area contributed by atoms with Crippen molar-refractivity contribution in [2.75, 3.05) is 5.32 Å². The van der Waals surface area contributed by atoms with Crippen LogP contribution in [-0.2, 0) is 11.4 Å². The van der Waals surface area contributed by atoms with E-state index in [4.69, 9.17) is 4.74 Å². The maximum absolute atomic E-state index is 12.1. The van der Waals surface area contributed by atoms with Gasteiger partial charge in [-0.15, -0.1) is 0 Å². The predicted octanol–water partition coefficient (Wildman–Crippen LogP) is 4.62. The Kier molecular flexibility index (Phi) is 5.78. The van der Waals surface area contributed by atoms with E-state index in [1.54, 1.807) is 12.3 Å². The normalized spacial score (nSPS) is 10.7. The number of benzene rings is 2. The first-order valence-electron chi connectivity index (χ1n) is 8.38. The summed E-state index contributed by atoms with van der Waals surface area (Å²) in [6.07, 6.45) is 4.90. The van der Waals surface area contributed by atoms with Gasteiger partial charge in [-0.25, -0.2) is 4.98 Å². The summed E-state index contributed by atoms with van der Waals surface area (Å²) in [6.45, 7) is 2.41. The zero-order chi connectivity index (χ0) is 18.2. The van der Waals surface area contributed by atoms with E-state index in [0.717, 1.165) is 22.4 Å². The van der Waals surface area contributed by atoms with Gasteiger partial charge in [-0.3, -0.25) is 4.79 Å². The Hall–Kier alpha value is -3.40. The maximum atomic E-state index is 12.1. The van der Waals surface area contributed by atoms with Crippen LogP contribution in [-0.4, -0.2) is 10.9 Å². The Morgan fingerprint density at radius 3 is 2.73 bits per heavy atom. The average Bonchev–Trinajstić information content (AvgIpc) is 2.68. The van der Waals surface area contributed by atoms with E-state index < -0.39 is 0 Å². The second kappa shape index (κ2) is 8.62. The molecule has 1 N–H and O–H groups in total. The molecular formula is C22H20N2O2. The lowest BCUT2D eigenvalue weighted by Crippen LogP contribution is -2.10. The van der Waals surface area contributed by atoms with E-state index in [1.165, 1.54) is 6.08 Å². The summed E-state index contributed by atoms with van der Waals surface area (Å²) in [5.74, 6) is 1.11. The third-order valence-electron chi connectivity index (χ3n) is 3.78. The number of aromatic nitrogens is 1. The highest BCUT2D eigenvalue weighted by atomic mass is 16.5. The Bertz CT molecular complexity index is 905. The number of carbonyl (C=O) groups excluding carboxylic acids is 1. The molecule has 0 fully saturated rings. The van der Waals surface area contributed by atoms with Crippen LogP contribution in [0.25, 0.3) is 6.08 Å². The molecule has 1 heterocycles. The van der Waals surface area contributed by atoms with Crippen molar-refractivity contribution in [3.8, 4) is 5.75 Å². The molecule has 1 aromatic heterocycles. The smallest absolute Gasteiger partial charge is 0.249 e. The molecule has 0 spiro atoms. The molecule has 4 heteroatoms. The molecule has 0 aliphatic rings. The largest absolute Gasteiger partial charge is 0.489 e. The topological polar surface area (TPSA) is 51.2 Å². The first-order valence-corrected chi connectivity index (χ1v) is 8.38. The molecule has 0 radical (unpaired) electrons. The number of aryl methyl sites for hydroxylation is 1. The number of anilines is 1. The fraction of sp³-hybridized carbons (Fsp3) is 0.0909. The van der Waals surface area contributed by atoms with Gasteiger partial charge in [-0.1, -0.05) is 48.5 Å². The van der Waals surface area contributed by atoms with Crippen molar-refractivity contribution in [3.63, 3.8) is 0 Å². The molecular weight excluding hydrogens is 324 g/mol. The van der Waals surface area contributed by atoms with Gasteiger partial charge in [0.1, 0.15) is 18.2 Å². The summed E-state index contributed by atoms with van der Waals surface area (Å²) in [5, 5.41) is 2.77. The van der Waals surface area contributed by atoms with Crippen LogP contribution in [0, 0.1) is 6.92 Å². The number of hydrogen-bond acceptors (Lipinski definition) is 3. The van der Waals surface area contributed by atoms with Crippen LogP contribution in [0.4, 0.5) is 5.82 Å². The molecule has 26 heavy (non-hydrogen) atoms. The second-order valence-corrected chi connectivity index (χ2v) is 5.84. The number of nitrogens with one attached hydrogen (secondary N) is 1. The minimum Gasteiger partial charge on any atom is -0.489 e. The molecule has 0 saturated carbocycles. The summed E-state index contributed by atoms with van der Waals surface area (Å²) >= 11 is 0. The molecule has 0 aliphatic carbocycles. The molecule has 3 rings (SSSR count). The van der Waals surface area contributed by atoms with Gasteiger partial charge >= 0.3 is 0 Å². The van der Waals surface area contributed by atoms with Crippen molar-refractivity contribution in [1.29, 1.82) is 0 Å². The van der Waals surface area contributed by atoms with Crippen LogP contribution < -0.4 is 10.1 Å². The Balaban J connectivity index is 1.60. The molecule has 0 bridgehead atoms. The number of carbonyl (C=O) groups is 1. The molecule has 0 atom stereocenters. The maximum Gasteiger partial charge on any atom is 0.249 e. The summed E-state index contributed by atoms with van der Waals surface area (Å²) < 4.78 is 5.81. The van der Waals surface area contributed by atoms with Gasteiger partial charge < -0.3 is 10.1 Å². The fourth-order valence-corrected chi connectivity index (χ4v) is 2.40. The number of rotatable bonds is 6. The van der Waals surface area contributed by atoms with Crippen LogP contribution in [0.15, 0.2) is 79.0 Å². The number of nitrogens with zero attached hydrogens (tertiary/aromatic N) is 1. The molecule has 3 aromatic rings. The minimum atomic E-state index is -0.220. The summed E-state index contributed by atoms with van der Waals surface area (Å²) in [5.41, 5.74) is 2.92. The van der Waals surface area contributed by atoms with Crippen molar-refractivity contribution in [2.45, 2.75) is 13.5 Å². The van der Waals surface area contributed by atoms with Crippen molar-refractivity contribution in [3.05, 3.63) is 95.7 Å². The zero-order valence-corrected chi connectivity index (χ0v) is 14.6. The SMILES string of the molecule is Cc1cccnc1NC(=O)/C=C/c1cccc(OCc2ccccc2)c1. The van der Waals surface area contributed by atoms with Gasteiger partial charge in [0.25, 0.3) is 0 Å². The lowest BCUT2D eigenvalue weighted by molar-refractivity contribution is -0.111. The van der Waals surface area contributed by atoms with E-state index in [0.29, 0.717) is 12.4 Å². The fourth-order valence-electron chi connectivity index (χ4n) is 2.40. The molecule has 0 unspecified atom stereocenters. The van der Waals surface area contributed by atoms with Gasteiger partial charge in [0, 0.05) is 12.3 Å². The quantitative estimate of drug-likeness (QED) is 0.664. The predicted molar refractivity (Wildman–Crippen MR) is 104 cm³/mol. The zero-order valence-electron chi connectivity index (χ0n) is 14.6. The second-order valence-electron chi connectivity index (χ2n) is 5.84. The molecule has 0 aliphatic heterocycles. The van der Waals surface area contributed by atoms with Gasteiger partial charge in [0.15, 0.2) is 0 Å². The van der Waals surface area contributed by atoms with Gasteiger partial charge in [-0.05, 0) is 47.9 Å². The van der Waals surface area contributed by atoms with Crippen molar-refractivity contribution < 1.29 is 9.53 Å². The number of hydrogen-bond donors (Lipinski definition) is 1. The van der Waals surface area contributed by atoms with Gasteiger partial charge in [0.05, 0.1) is 0 Å². The van der Waals surface area contributed by atoms with Crippen molar-refractivity contribution in [2.24, 2.45) is 0 Å². The van der Waals surface area contributed by atoms with E-state index >= 15 is 0 Å². The Morgan fingerprint density at radius 1 is 1.08 bits per heavy atom. The first-order chi connectivity index (χ1) is 12.7. The number of amides is 1. The summed E-state index contributed by atoms with van der Waals surface area (Å²) in [4.78, 5) is 16.2. The highest BCUT2D eigenvalue weighted by molar-refractivity contribution is 6.01. The van der Waals surface area contributed by atoms with Crippen LogP contribution >= 0.6 is 0 Å². The van der Waals surface area contributed by atoms with Crippen molar-refractivity contribution >= 4 is 17.8 Å². The van der Waals surface area contributed by atoms with Crippen LogP contribution in [0.5, 0.6) is 5.75 Å². The molecule has 130 valence electrons. The number of pyridine rings is 1. The Labute approximate surface area is 153 Å². The third-order valence-corrected chi connectivity index (χ3v) is 3.78. The standard InChI is InChI=1S/C22H20N2O2/c1-17-7-6-14-23-22(17)24-21(25)13-12-18-10-5-11-20(15-18)26-16-19-8-3-2-4-9-19/h2-15H,16H2,1H3,(H,23,24,25)/b13-12+. The highest BCUT2D eigenvalue weighted by Crippen LogP contribution is 2.16. The summed E-state index contributed by atoms with van der Waals surface area (Å²) in [7, 11) is 0. The number of ether oxygens (including phenoxy) is 1. The van der Waals surface area contributed by atoms with Crippen LogP contribution in [0.3, 0.4) is 0 Å². The van der Waals surface area contributed by atoms with Crippen molar-refractivity contribution in [1.82, 2.24) is 4.98 Å². The average molecular weight is 344 g/mol. The van der Waals surface area contributed by atoms with E-state index in [1.807, 2.05) is 73.7 Å². The molecule has 2 aromatic carbocycles. The van der Waals surface area contributed by atoms with E-state index in [9.17, 15) is 4.79 Å². The van der Waals surface area contributed by atoms with E-state index in [-0.39, 0.29) is 5.91 Å². The third kappa shape index (κ3) is 5.05.